The quantitative estimate of drug-likeness (QED) is 0.789. The predicted octanol–water partition coefficient (Wildman–Crippen LogP) is 2.29. The van der Waals surface area contributed by atoms with Gasteiger partial charge in [-0.15, -0.1) is 5.10 Å². The fraction of sp³-hybridized carbons (Fsp3) is 0.500. The van der Waals surface area contributed by atoms with Crippen molar-refractivity contribution in [3.05, 3.63) is 24.3 Å². The Hall–Kier alpha value is -1.42. The van der Waals surface area contributed by atoms with E-state index in [9.17, 15) is 0 Å². The van der Waals surface area contributed by atoms with Crippen LogP contribution in [-0.4, -0.2) is 33.0 Å². The molecule has 0 spiro atoms. The smallest absolute Gasteiger partial charge is 0.113 e. The number of nitrogens with zero attached hydrogens (tertiary/aromatic N) is 4. The van der Waals surface area contributed by atoms with Crippen molar-refractivity contribution in [2.75, 3.05) is 13.1 Å². The van der Waals surface area contributed by atoms with Crippen molar-refractivity contribution < 1.29 is 0 Å². The van der Waals surface area contributed by atoms with Gasteiger partial charge in [-0.1, -0.05) is 31.2 Å². The van der Waals surface area contributed by atoms with E-state index in [1.807, 2.05) is 22.9 Å². The summed E-state index contributed by atoms with van der Waals surface area (Å²) in [7, 11) is 0. The third-order valence-electron chi connectivity index (χ3n) is 3.07. The lowest BCUT2D eigenvalue weighted by Gasteiger charge is -2.26. The molecule has 86 valence electrons. The van der Waals surface area contributed by atoms with E-state index in [-0.39, 0.29) is 6.17 Å². The van der Waals surface area contributed by atoms with Gasteiger partial charge in [0.2, 0.25) is 0 Å². The average molecular weight is 218 g/mol. The van der Waals surface area contributed by atoms with Crippen LogP contribution in [0.5, 0.6) is 0 Å². The minimum atomic E-state index is 0.252. The van der Waals surface area contributed by atoms with Gasteiger partial charge in [-0.2, -0.15) is 0 Å². The number of hydrogen-bond acceptors (Lipinski definition) is 3. The molecule has 0 N–H and O–H groups in total. The molecular formula is C12H18N4. The van der Waals surface area contributed by atoms with Crippen molar-refractivity contribution in [1.29, 1.82) is 0 Å². The number of para-hydroxylation sites is 1. The zero-order valence-corrected chi connectivity index (χ0v) is 10.1. The molecule has 0 amide bonds. The summed E-state index contributed by atoms with van der Waals surface area (Å²) in [5.41, 5.74) is 2.06. The molecule has 4 nitrogen and oxygen atoms in total. The van der Waals surface area contributed by atoms with E-state index < -0.39 is 0 Å². The topological polar surface area (TPSA) is 34.0 Å². The lowest BCUT2D eigenvalue weighted by atomic mass is 10.3. The van der Waals surface area contributed by atoms with Gasteiger partial charge in [-0.3, -0.25) is 4.90 Å². The Kier molecular flexibility index (Phi) is 3.19. The Morgan fingerprint density at radius 2 is 1.94 bits per heavy atom. The van der Waals surface area contributed by atoms with Gasteiger partial charge in [-0.25, -0.2) is 4.68 Å². The summed E-state index contributed by atoms with van der Waals surface area (Å²) < 4.78 is 1.99. The van der Waals surface area contributed by atoms with E-state index in [2.05, 4.69) is 42.0 Å². The van der Waals surface area contributed by atoms with Crippen LogP contribution in [0.2, 0.25) is 0 Å². The van der Waals surface area contributed by atoms with Crippen molar-refractivity contribution in [1.82, 2.24) is 19.9 Å². The van der Waals surface area contributed by atoms with Crippen molar-refractivity contribution >= 4 is 11.0 Å². The standard InChI is InChI=1S/C12H18N4/c1-4-15(5-2)10(3)16-12-9-7-6-8-11(12)13-14-16/h6-10H,4-5H2,1-3H3. The second-order valence-electron chi connectivity index (χ2n) is 3.88. The molecule has 0 aliphatic rings. The molecule has 1 atom stereocenters. The first-order valence-corrected chi connectivity index (χ1v) is 5.81. The van der Waals surface area contributed by atoms with Gasteiger partial charge >= 0.3 is 0 Å². The molecule has 16 heavy (non-hydrogen) atoms. The number of rotatable bonds is 4. The van der Waals surface area contributed by atoms with Gasteiger partial charge in [0.25, 0.3) is 0 Å². The van der Waals surface area contributed by atoms with Gasteiger partial charge in [0, 0.05) is 0 Å². The first-order valence-electron chi connectivity index (χ1n) is 5.81. The fourth-order valence-electron chi connectivity index (χ4n) is 2.07. The van der Waals surface area contributed by atoms with Crippen LogP contribution in [0.4, 0.5) is 0 Å². The molecule has 4 heteroatoms. The lowest BCUT2D eigenvalue weighted by molar-refractivity contribution is 0.161. The van der Waals surface area contributed by atoms with Gasteiger partial charge in [-0.05, 0) is 32.1 Å². The first kappa shape index (κ1) is 11.1. The van der Waals surface area contributed by atoms with E-state index in [4.69, 9.17) is 0 Å². The number of aromatic nitrogens is 3. The molecule has 0 aliphatic carbocycles. The zero-order valence-electron chi connectivity index (χ0n) is 10.1. The monoisotopic (exact) mass is 218 g/mol. The van der Waals surface area contributed by atoms with Crippen molar-refractivity contribution in [2.45, 2.75) is 26.9 Å². The summed E-state index contributed by atoms with van der Waals surface area (Å²) in [6.07, 6.45) is 0.252. The van der Waals surface area contributed by atoms with Crippen LogP contribution in [0.15, 0.2) is 24.3 Å². The lowest BCUT2D eigenvalue weighted by Crippen LogP contribution is -2.31. The molecule has 1 aromatic heterocycles. The van der Waals surface area contributed by atoms with Crippen molar-refractivity contribution in [3.8, 4) is 0 Å². The van der Waals surface area contributed by atoms with Gasteiger partial charge < -0.3 is 0 Å². The maximum absolute atomic E-state index is 4.24. The molecule has 0 saturated heterocycles. The highest BCUT2D eigenvalue weighted by Gasteiger charge is 2.15. The molecule has 2 rings (SSSR count). The van der Waals surface area contributed by atoms with Crippen LogP contribution in [-0.2, 0) is 0 Å². The fourth-order valence-corrected chi connectivity index (χ4v) is 2.07. The maximum Gasteiger partial charge on any atom is 0.113 e. The normalized spacial score (nSPS) is 13.5. The molecule has 2 aromatic rings. The molecule has 1 unspecified atom stereocenters. The van der Waals surface area contributed by atoms with Crippen molar-refractivity contribution in [3.63, 3.8) is 0 Å². The maximum atomic E-state index is 4.24. The van der Waals surface area contributed by atoms with Crippen LogP contribution in [0.3, 0.4) is 0 Å². The highest BCUT2D eigenvalue weighted by molar-refractivity contribution is 5.73. The third kappa shape index (κ3) is 1.80. The minimum absolute atomic E-state index is 0.252. The van der Waals surface area contributed by atoms with Crippen LogP contribution in [0, 0.1) is 0 Å². The molecule has 0 aliphatic heterocycles. The predicted molar refractivity (Wildman–Crippen MR) is 65.2 cm³/mol. The highest BCUT2D eigenvalue weighted by atomic mass is 15.5. The summed E-state index contributed by atoms with van der Waals surface area (Å²) in [5.74, 6) is 0. The van der Waals surface area contributed by atoms with Crippen LogP contribution < -0.4 is 0 Å². The molecule has 1 aromatic carbocycles. The zero-order chi connectivity index (χ0) is 11.5. The highest BCUT2D eigenvalue weighted by Crippen LogP contribution is 2.17. The summed E-state index contributed by atoms with van der Waals surface area (Å²) >= 11 is 0. The Balaban J connectivity index is 2.39. The Morgan fingerprint density at radius 3 is 2.62 bits per heavy atom. The molecular weight excluding hydrogens is 200 g/mol. The Bertz CT molecular complexity index is 459. The summed E-state index contributed by atoms with van der Waals surface area (Å²) in [4.78, 5) is 2.35. The second kappa shape index (κ2) is 4.61. The van der Waals surface area contributed by atoms with E-state index >= 15 is 0 Å². The van der Waals surface area contributed by atoms with Crippen LogP contribution >= 0.6 is 0 Å². The minimum Gasteiger partial charge on any atom is -0.283 e. The Morgan fingerprint density at radius 1 is 1.25 bits per heavy atom. The van der Waals surface area contributed by atoms with Crippen LogP contribution in [0.25, 0.3) is 11.0 Å². The molecule has 1 heterocycles. The number of fused-ring (bicyclic) bond motifs is 1. The Labute approximate surface area is 95.9 Å². The molecule has 0 fully saturated rings. The third-order valence-corrected chi connectivity index (χ3v) is 3.07. The van der Waals surface area contributed by atoms with E-state index in [1.54, 1.807) is 0 Å². The van der Waals surface area contributed by atoms with Gasteiger partial charge in [0.05, 0.1) is 5.52 Å². The second-order valence-corrected chi connectivity index (χ2v) is 3.88. The summed E-state index contributed by atoms with van der Waals surface area (Å²) in [5, 5.41) is 8.41. The van der Waals surface area contributed by atoms with E-state index in [0.29, 0.717) is 0 Å². The SMILES string of the molecule is CCN(CC)C(C)n1nnc2ccccc21. The summed E-state index contributed by atoms with van der Waals surface area (Å²) in [6, 6.07) is 8.07. The van der Waals surface area contributed by atoms with Gasteiger partial charge in [0.1, 0.15) is 11.7 Å². The van der Waals surface area contributed by atoms with Gasteiger partial charge in [0.15, 0.2) is 0 Å². The van der Waals surface area contributed by atoms with Crippen LogP contribution in [0.1, 0.15) is 26.9 Å². The van der Waals surface area contributed by atoms with Crippen molar-refractivity contribution in [2.24, 2.45) is 0 Å². The summed E-state index contributed by atoms with van der Waals surface area (Å²) in [6.45, 7) is 8.53. The van der Waals surface area contributed by atoms with E-state index in [1.165, 1.54) is 0 Å². The average Bonchev–Trinajstić information content (AvgIpc) is 2.74. The largest absolute Gasteiger partial charge is 0.283 e. The molecule has 0 bridgehead atoms. The van der Waals surface area contributed by atoms with E-state index in [0.717, 1.165) is 24.1 Å². The first-order chi connectivity index (χ1) is 7.77. The number of hydrogen-bond donors (Lipinski definition) is 0. The molecule has 0 saturated carbocycles. The number of benzene rings is 1. The molecule has 0 radical (unpaired) electrons.